The Bertz CT molecular complexity index is 1060. The van der Waals surface area contributed by atoms with Gasteiger partial charge in [0.05, 0.1) is 12.5 Å². The maximum Gasteiger partial charge on any atom is 0.491 e. The lowest BCUT2D eigenvalue weighted by atomic mass is 10.1. The molecule has 12 heteroatoms. The number of nitrogens with two attached hydrogens (primary N) is 1. The lowest BCUT2D eigenvalue weighted by molar-refractivity contribution is -0.202. The van der Waals surface area contributed by atoms with Gasteiger partial charge >= 0.3 is 18.1 Å². The van der Waals surface area contributed by atoms with Gasteiger partial charge in [-0.25, -0.2) is 4.79 Å². The second-order valence-corrected chi connectivity index (χ2v) is 7.33. The summed E-state index contributed by atoms with van der Waals surface area (Å²) in [7, 11) is 3.63. The van der Waals surface area contributed by atoms with E-state index in [2.05, 4.69) is 10.1 Å². The van der Waals surface area contributed by atoms with Crippen molar-refractivity contribution in [3.8, 4) is 5.75 Å². The molecule has 1 atom stereocenters. The summed E-state index contributed by atoms with van der Waals surface area (Å²) in [5, 5.41) is 9.96. The van der Waals surface area contributed by atoms with E-state index in [-0.39, 0.29) is 23.8 Å². The van der Waals surface area contributed by atoms with Gasteiger partial charge in [-0.15, -0.1) is 0 Å². The van der Waals surface area contributed by atoms with E-state index in [0.29, 0.717) is 5.56 Å². The second-order valence-electron chi connectivity index (χ2n) is 7.33. The van der Waals surface area contributed by atoms with Crippen LogP contribution in [0.4, 0.5) is 18.9 Å². The zero-order chi connectivity index (χ0) is 25.5. The average Bonchev–Trinajstić information content (AvgIpc) is 2.76. The van der Waals surface area contributed by atoms with Crippen LogP contribution < -0.4 is 20.7 Å². The first kappa shape index (κ1) is 26.2. The molecule has 0 aliphatic heterocycles. The topological polar surface area (TPSA) is 135 Å². The summed E-state index contributed by atoms with van der Waals surface area (Å²) in [6.45, 7) is -0.349. The minimum atomic E-state index is -5.34. The summed E-state index contributed by atoms with van der Waals surface area (Å²) < 4.78 is 46.5. The number of nitrogens with one attached hydrogen (secondary N) is 2. The Morgan fingerprint density at radius 2 is 1.74 bits per heavy atom. The highest BCUT2D eigenvalue weighted by Crippen LogP contribution is 2.18. The van der Waals surface area contributed by atoms with E-state index in [1.807, 2.05) is 19.0 Å². The minimum absolute atomic E-state index is 0.217. The van der Waals surface area contributed by atoms with Crippen LogP contribution in [0.15, 0.2) is 48.5 Å². The Kier molecular flexibility index (Phi) is 8.59. The monoisotopic (exact) mass is 480 g/mol. The summed E-state index contributed by atoms with van der Waals surface area (Å²) in [5.74, 6) is -4.74. The summed E-state index contributed by atoms with van der Waals surface area (Å²) in [6, 6.07) is 11.4. The number of amides is 1. The third-order valence-electron chi connectivity index (χ3n) is 4.43. The van der Waals surface area contributed by atoms with Gasteiger partial charge in [0, 0.05) is 30.9 Å². The number of anilines is 1. The third kappa shape index (κ3) is 7.80. The van der Waals surface area contributed by atoms with Crippen molar-refractivity contribution in [3.63, 3.8) is 0 Å². The van der Waals surface area contributed by atoms with Crippen LogP contribution in [0.3, 0.4) is 0 Å². The standard InChI is InChI=1S/C22H23F3N4O5/c1-29(2)16-8-6-13(7-9-16)20(31)28-15(11-18(30)34-21(32)22(23,24)25)12-33-17-5-3-4-14(10-17)19(26)27/h3-10,15H,11-12H2,1-2H3,(H3,26,27)(H,28,31)/t15-/m1/s1. The van der Waals surface area contributed by atoms with Gasteiger partial charge in [-0.2, -0.15) is 13.2 Å². The quantitative estimate of drug-likeness (QED) is 0.217. The Labute approximate surface area is 193 Å². The fraction of sp³-hybridized carbons (Fsp3) is 0.273. The third-order valence-corrected chi connectivity index (χ3v) is 4.43. The highest BCUT2D eigenvalue weighted by molar-refractivity contribution is 5.96. The molecule has 0 unspecified atom stereocenters. The van der Waals surface area contributed by atoms with Gasteiger partial charge in [0.1, 0.15) is 18.2 Å². The summed E-state index contributed by atoms with van der Waals surface area (Å²) >= 11 is 0. The van der Waals surface area contributed by atoms with Crippen LogP contribution in [0.1, 0.15) is 22.3 Å². The Hall–Kier alpha value is -4.09. The molecule has 182 valence electrons. The molecule has 0 aliphatic carbocycles. The van der Waals surface area contributed by atoms with E-state index in [1.165, 1.54) is 24.3 Å². The second kappa shape index (κ2) is 11.2. The van der Waals surface area contributed by atoms with Gasteiger partial charge in [-0.3, -0.25) is 15.0 Å². The Morgan fingerprint density at radius 1 is 1.09 bits per heavy atom. The molecule has 0 spiro atoms. The highest BCUT2D eigenvalue weighted by atomic mass is 19.4. The number of nitrogens with zero attached hydrogens (tertiary/aromatic N) is 1. The fourth-order valence-electron chi connectivity index (χ4n) is 2.69. The highest BCUT2D eigenvalue weighted by Gasteiger charge is 2.42. The molecule has 0 heterocycles. The van der Waals surface area contributed by atoms with E-state index in [0.717, 1.165) is 5.69 Å². The maximum atomic E-state index is 12.6. The zero-order valence-corrected chi connectivity index (χ0v) is 18.3. The molecule has 2 aromatic rings. The molecule has 0 aromatic heterocycles. The molecule has 0 aliphatic rings. The molecule has 4 N–H and O–H groups in total. The number of esters is 2. The molecule has 1 amide bonds. The summed E-state index contributed by atoms with van der Waals surface area (Å²) in [4.78, 5) is 37.3. The first-order valence-electron chi connectivity index (χ1n) is 9.84. The molecular formula is C22H23F3N4O5. The number of carbonyl (C=O) groups is 3. The smallest absolute Gasteiger partial charge is 0.491 e. The Morgan fingerprint density at radius 3 is 2.29 bits per heavy atom. The lowest BCUT2D eigenvalue weighted by Crippen LogP contribution is -2.41. The number of ether oxygens (including phenoxy) is 2. The van der Waals surface area contributed by atoms with Crippen molar-refractivity contribution in [2.75, 3.05) is 25.6 Å². The normalized spacial score (nSPS) is 11.8. The fourth-order valence-corrected chi connectivity index (χ4v) is 2.69. The van der Waals surface area contributed by atoms with Crippen molar-refractivity contribution in [1.82, 2.24) is 5.32 Å². The van der Waals surface area contributed by atoms with E-state index >= 15 is 0 Å². The average molecular weight is 480 g/mol. The molecule has 2 rings (SSSR count). The van der Waals surface area contributed by atoms with Gasteiger partial charge in [0.25, 0.3) is 5.91 Å². The van der Waals surface area contributed by atoms with Gasteiger partial charge in [0.15, 0.2) is 0 Å². The van der Waals surface area contributed by atoms with Gasteiger partial charge in [0.2, 0.25) is 0 Å². The van der Waals surface area contributed by atoms with E-state index in [1.54, 1.807) is 24.3 Å². The van der Waals surface area contributed by atoms with Crippen molar-refractivity contribution in [2.45, 2.75) is 18.6 Å². The van der Waals surface area contributed by atoms with Crippen LogP contribution in [-0.2, 0) is 14.3 Å². The number of hydrogen-bond donors (Lipinski definition) is 3. The minimum Gasteiger partial charge on any atom is -0.491 e. The number of halogens is 3. The van der Waals surface area contributed by atoms with Crippen LogP contribution in [0.25, 0.3) is 0 Å². The van der Waals surface area contributed by atoms with Gasteiger partial charge in [-0.1, -0.05) is 12.1 Å². The number of amidine groups is 1. The van der Waals surface area contributed by atoms with Crippen LogP contribution in [0.5, 0.6) is 5.75 Å². The first-order valence-corrected chi connectivity index (χ1v) is 9.84. The molecule has 0 radical (unpaired) electrons. The summed E-state index contributed by atoms with van der Waals surface area (Å²) in [6.07, 6.45) is -6.11. The number of rotatable bonds is 9. The van der Waals surface area contributed by atoms with Crippen LogP contribution >= 0.6 is 0 Å². The van der Waals surface area contributed by atoms with Crippen molar-refractivity contribution >= 4 is 29.4 Å². The lowest BCUT2D eigenvalue weighted by Gasteiger charge is -2.19. The molecule has 0 saturated carbocycles. The summed E-state index contributed by atoms with van der Waals surface area (Å²) in [5.41, 5.74) is 6.84. The molecule has 0 bridgehead atoms. The number of alkyl halides is 3. The number of benzene rings is 2. The predicted octanol–water partition coefficient (Wildman–Crippen LogP) is 2.24. The molecular weight excluding hydrogens is 457 g/mol. The molecule has 2 aromatic carbocycles. The van der Waals surface area contributed by atoms with Crippen molar-refractivity contribution < 1.29 is 37.0 Å². The maximum absolute atomic E-state index is 12.6. The Balaban J connectivity index is 2.14. The van der Waals surface area contributed by atoms with E-state index in [4.69, 9.17) is 15.9 Å². The largest absolute Gasteiger partial charge is 0.491 e. The van der Waals surface area contributed by atoms with Crippen molar-refractivity contribution in [3.05, 3.63) is 59.7 Å². The van der Waals surface area contributed by atoms with Gasteiger partial charge < -0.3 is 25.4 Å². The first-order chi connectivity index (χ1) is 15.9. The van der Waals surface area contributed by atoms with Crippen molar-refractivity contribution in [1.29, 1.82) is 5.41 Å². The number of hydrogen-bond acceptors (Lipinski definition) is 7. The SMILES string of the molecule is CN(C)c1ccc(C(=O)N[C@@H](COc2cccc(C(=N)N)c2)CC(=O)OC(=O)C(F)(F)F)cc1. The van der Waals surface area contributed by atoms with Crippen LogP contribution in [0.2, 0.25) is 0 Å². The molecule has 0 fully saturated rings. The van der Waals surface area contributed by atoms with Crippen LogP contribution in [0, 0.1) is 5.41 Å². The van der Waals surface area contributed by atoms with Gasteiger partial charge in [-0.05, 0) is 36.4 Å². The number of nitrogen functional groups attached to an aromatic ring is 1. The van der Waals surface area contributed by atoms with Crippen molar-refractivity contribution in [2.24, 2.45) is 5.73 Å². The molecule has 9 nitrogen and oxygen atoms in total. The molecule has 0 saturated heterocycles. The van der Waals surface area contributed by atoms with Crippen LogP contribution in [-0.4, -0.2) is 56.6 Å². The van der Waals surface area contributed by atoms with E-state index < -0.39 is 36.5 Å². The number of carbonyl (C=O) groups excluding carboxylic acids is 3. The zero-order valence-electron chi connectivity index (χ0n) is 18.3. The predicted molar refractivity (Wildman–Crippen MR) is 117 cm³/mol. The molecule has 34 heavy (non-hydrogen) atoms. The van der Waals surface area contributed by atoms with E-state index in [9.17, 15) is 27.6 Å².